The zero-order valence-corrected chi connectivity index (χ0v) is 10.3. The summed E-state index contributed by atoms with van der Waals surface area (Å²) >= 11 is 5.89. The summed E-state index contributed by atoms with van der Waals surface area (Å²) in [7, 11) is 0. The molecule has 0 spiro atoms. The van der Waals surface area contributed by atoms with Crippen molar-refractivity contribution in [3.05, 3.63) is 40.4 Å². The molecule has 1 aromatic rings. The van der Waals surface area contributed by atoms with Crippen LogP contribution in [0.4, 0.5) is 0 Å². The number of aliphatic hydroxyl groups excluding tert-OH is 1. The van der Waals surface area contributed by atoms with Crippen LogP contribution in [0.25, 0.3) is 5.70 Å². The summed E-state index contributed by atoms with van der Waals surface area (Å²) in [5.41, 5.74) is 12.5. The Bertz CT molecular complexity index is 517. The Morgan fingerprint density at radius 2 is 2.33 bits per heavy atom. The number of allylic oxidation sites excluding steroid dienone is 1. The Labute approximate surface area is 110 Å². The number of nitrogens with zero attached hydrogens (tertiary/aromatic N) is 2. The summed E-state index contributed by atoms with van der Waals surface area (Å²) in [6.45, 7) is 0.109. The van der Waals surface area contributed by atoms with Crippen LogP contribution in [0.1, 0.15) is 11.1 Å². The van der Waals surface area contributed by atoms with Crippen molar-refractivity contribution in [3.8, 4) is 6.07 Å². The summed E-state index contributed by atoms with van der Waals surface area (Å²) in [6, 6.07) is 6.87. The number of rotatable bonds is 4. The van der Waals surface area contributed by atoms with E-state index in [4.69, 9.17) is 33.4 Å². The van der Waals surface area contributed by atoms with Gasteiger partial charge in [-0.1, -0.05) is 17.7 Å². The third-order valence-corrected chi connectivity index (χ3v) is 2.39. The highest BCUT2D eigenvalue weighted by Crippen LogP contribution is 2.19. The van der Waals surface area contributed by atoms with Gasteiger partial charge >= 0.3 is 0 Å². The van der Waals surface area contributed by atoms with Gasteiger partial charge in [-0.25, -0.2) is 0 Å². The third-order valence-electron chi connectivity index (χ3n) is 2.07. The molecule has 6 heteroatoms. The number of benzene rings is 1. The van der Waals surface area contributed by atoms with Crippen molar-refractivity contribution in [2.45, 2.75) is 6.23 Å². The zero-order valence-electron chi connectivity index (χ0n) is 9.55. The molecule has 0 saturated heterocycles. The lowest BCUT2D eigenvalue weighted by atomic mass is 10.1. The molecule has 0 aliphatic rings. The highest BCUT2D eigenvalue weighted by Gasteiger charge is 2.02. The average molecular weight is 265 g/mol. The molecule has 0 aliphatic heterocycles. The molecule has 1 aromatic carbocycles. The standard InChI is InChI=1S/C12H13ClN4O/c13-10-5-8(1-2-9(10)6-14)11(15)3-4-17-7-12(16)18/h1-5,12,18H,7,15-16H2/b11-3-,17-4?. The molecule has 94 valence electrons. The van der Waals surface area contributed by atoms with E-state index in [2.05, 4.69) is 4.99 Å². The molecule has 1 rings (SSSR count). The molecule has 0 aliphatic carbocycles. The van der Waals surface area contributed by atoms with Gasteiger partial charge in [0.05, 0.1) is 17.1 Å². The molecular formula is C12H13ClN4O. The minimum absolute atomic E-state index is 0.109. The van der Waals surface area contributed by atoms with Gasteiger partial charge in [-0.2, -0.15) is 5.26 Å². The van der Waals surface area contributed by atoms with Gasteiger partial charge in [-0.15, -0.1) is 0 Å². The fourth-order valence-electron chi connectivity index (χ4n) is 1.18. The Hall–Kier alpha value is -1.87. The van der Waals surface area contributed by atoms with E-state index in [1.54, 1.807) is 24.3 Å². The van der Waals surface area contributed by atoms with Crippen molar-refractivity contribution in [1.29, 1.82) is 5.26 Å². The van der Waals surface area contributed by atoms with E-state index in [0.29, 0.717) is 21.8 Å². The lowest BCUT2D eigenvalue weighted by molar-refractivity contribution is 0.191. The highest BCUT2D eigenvalue weighted by molar-refractivity contribution is 6.31. The van der Waals surface area contributed by atoms with Crippen molar-refractivity contribution >= 4 is 23.5 Å². The van der Waals surface area contributed by atoms with Crippen molar-refractivity contribution in [3.63, 3.8) is 0 Å². The molecule has 0 aromatic heterocycles. The maximum Gasteiger partial charge on any atom is 0.122 e. The first-order valence-electron chi connectivity index (χ1n) is 5.14. The molecule has 0 saturated carbocycles. The van der Waals surface area contributed by atoms with Gasteiger partial charge in [0, 0.05) is 11.9 Å². The van der Waals surface area contributed by atoms with E-state index in [9.17, 15) is 0 Å². The summed E-state index contributed by atoms with van der Waals surface area (Å²) in [5.74, 6) is 0. The SMILES string of the molecule is N#Cc1ccc(/C(N)=C/C=NCC(N)O)cc1Cl. The number of nitriles is 1. The number of hydrogen-bond donors (Lipinski definition) is 3. The summed E-state index contributed by atoms with van der Waals surface area (Å²) in [6.07, 6.45) is 2.05. The molecule has 0 amide bonds. The van der Waals surface area contributed by atoms with Crippen LogP contribution in [0.15, 0.2) is 29.3 Å². The Kier molecular flexibility index (Phi) is 5.33. The monoisotopic (exact) mass is 264 g/mol. The van der Waals surface area contributed by atoms with Crippen LogP contribution >= 0.6 is 11.6 Å². The van der Waals surface area contributed by atoms with Gasteiger partial charge in [-0.05, 0) is 23.8 Å². The van der Waals surface area contributed by atoms with Crippen LogP contribution in [-0.4, -0.2) is 24.1 Å². The second kappa shape index (κ2) is 6.77. The molecule has 5 N–H and O–H groups in total. The lowest BCUT2D eigenvalue weighted by Gasteiger charge is -2.02. The predicted octanol–water partition coefficient (Wildman–Crippen LogP) is 0.859. The predicted molar refractivity (Wildman–Crippen MR) is 71.9 cm³/mol. The van der Waals surface area contributed by atoms with Gasteiger partial charge in [0.2, 0.25) is 0 Å². The van der Waals surface area contributed by atoms with Crippen LogP contribution < -0.4 is 11.5 Å². The first kappa shape index (κ1) is 14.2. The van der Waals surface area contributed by atoms with Gasteiger partial charge in [0.15, 0.2) is 0 Å². The quantitative estimate of drug-likeness (QED) is 0.553. The molecular weight excluding hydrogens is 252 g/mol. The fourth-order valence-corrected chi connectivity index (χ4v) is 1.41. The third kappa shape index (κ3) is 4.18. The summed E-state index contributed by atoms with van der Waals surface area (Å²) in [4.78, 5) is 3.85. The van der Waals surface area contributed by atoms with E-state index >= 15 is 0 Å². The van der Waals surface area contributed by atoms with E-state index in [-0.39, 0.29) is 6.54 Å². The fraction of sp³-hybridized carbons (Fsp3) is 0.167. The largest absolute Gasteiger partial charge is 0.398 e. The second-order valence-electron chi connectivity index (χ2n) is 3.51. The number of aliphatic imine (C=N–C) groups is 1. The average Bonchev–Trinajstić information content (AvgIpc) is 2.34. The van der Waals surface area contributed by atoms with Crippen LogP contribution in [0, 0.1) is 11.3 Å². The van der Waals surface area contributed by atoms with Gasteiger partial charge in [0.25, 0.3) is 0 Å². The Morgan fingerprint density at radius 1 is 1.61 bits per heavy atom. The maximum absolute atomic E-state index is 8.79. The maximum atomic E-state index is 8.79. The van der Waals surface area contributed by atoms with Gasteiger partial charge in [-0.3, -0.25) is 4.99 Å². The molecule has 18 heavy (non-hydrogen) atoms. The second-order valence-corrected chi connectivity index (χ2v) is 3.92. The van der Waals surface area contributed by atoms with E-state index in [1.165, 1.54) is 6.21 Å². The van der Waals surface area contributed by atoms with Gasteiger partial charge < -0.3 is 16.6 Å². The van der Waals surface area contributed by atoms with Crippen molar-refractivity contribution in [1.82, 2.24) is 0 Å². The minimum Gasteiger partial charge on any atom is -0.398 e. The van der Waals surface area contributed by atoms with Crippen LogP contribution in [0.2, 0.25) is 5.02 Å². The molecule has 1 atom stereocenters. The number of hydrogen-bond acceptors (Lipinski definition) is 5. The molecule has 0 radical (unpaired) electrons. The topological polar surface area (TPSA) is 108 Å². The normalized spacial score (nSPS) is 13.6. The Morgan fingerprint density at radius 3 is 2.89 bits per heavy atom. The lowest BCUT2D eigenvalue weighted by Crippen LogP contribution is -2.21. The van der Waals surface area contributed by atoms with Gasteiger partial charge in [0.1, 0.15) is 12.3 Å². The minimum atomic E-state index is -0.972. The smallest absolute Gasteiger partial charge is 0.122 e. The van der Waals surface area contributed by atoms with E-state index < -0.39 is 6.23 Å². The highest BCUT2D eigenvalue weighted by atomic mass is 35.5. The Balaban J connectivity index is 2.81. The summed E-state index contributed by atoms with van der Waals surface area (Å²) < 4.78 is 0. The molecule has 1 unspecified atom stereocenters. The van der Waals surface area contributed by atoms with Crippen LogP contribution in [0.5, 0.6) is 0 Å². The first-order valence-corrected chi connectivity index (χ1v) is 5.51. The zero-order chi connectivity index (χ0) is 13.5. The number of aliphatic hydroxyl groups is 1. The molecule has 5 nitrogen and oxygen atoms in total. The van der Waals surface area contributed by atoms with E-state index in [1.807, 2.05) is 6.07 Å². The molecule has 0 heterocycles. The van der Waals surface area contributed by atoms with Crippen molar-refractivity contribution in [2.24, 2.45) is 16.5 Å². The van der Waals surface area contributed by atoms with E-state index in [0.717, 1.165) is 0 Å². The van der Waals surface area contributed by atoms with Crippen molar-refractivity contribution < 1.29 is 5.11 Å². The van der Waals surface area contributed by atoms with Crippen molar-refractivity contribution in [2.75, 3.05) is 6.54 Å². The molecule has 0 fully saturated rings. The number of nitrogens with two attached hydrogens (primary N) is 2. The number of halogens is 1. The van der Waals surface area contributed by atoms with Crippen LogP contribution in [-0.2, 0) is 0 Å². The van der Waals surface area contributed by atoms with Crippen LogP contribution in [0.3, 0.4) is 0 Å². The summed E-state index contributed by atoms with van der Waals surface area (Å²) in [5, 5.41) is 17.9. The first-order chi connectivity index (χ1) is 8.54. The molecule has 0 bridgehead atoms.